The number of carbonyl (C=O) groups is 1. The summed E-state index contributed by atoms with van der Waals surface area (Å²) >= 11 is 0. The van der Waals surface area contributed by atoms with Crippen LogP contribution >= 0.6 is 0 Å². The molecule has 1 amide bonds. The monoisotopic (exact) mass is 303 g/mol. The first kappa shape index (κ1) is 15.9. The third kappa shape index (κ3) is 3.39. The van der Waals surface area contributed by atoms with Crippen molar-refractivity contribution in [2.75, 3.05) is 20.8 Å². The number of hydrogen-bond donors (Lipinski definition) is 2. The van der Waals surface area contributed by atoms with Gasteiger partial charge in [0.25, 0.3) is 5.91 Å². The van der Waals surface area contributed by atoms with Crippen LogP contribution in [0, 0.1) is 13.8 Å². The number of carbonyl (C=O) groups excluding carboxylic acids is 1. The summed E-state index contributed by atoms with van der Waals surface area (Å²) in [5.74, 6) is 1.28. The second-order valence-corrected chi connectivity index (χ2v) is 5.00. The summed E-state index contributed by atoms with van der Waals surface area (Å²) in [5.41, 5.74) is 3.17. The van der Waals surface area contributed by atoms with Crippen LogP contribution in [0.4, 0.5) is 0 Å². The first-order valence-electron chi connectivity index (χ1n) is 7.07. The van der Waals surface area contributed by atoms with Gasteiger partial charge in [-0.15, -0.1) is 0 Å². The van der Waals surface area contributed by atoms with Gasteiger partial charge >= 0.3 is 0 Å². The summed E-state index contributed by atoms with van der Waals surface area (Å²) in [6, 6.07) is 5.74. The van der Waals surface area contributed by atoms with Crippen molar-refractivity contribution in [2.24, 2.45) is 0 Å². The number of nitrogens with zero attached hydrogens (tertiary/aromatic N) is 1. The zero-order valence-corrected chi connectivity index (χ0v) is 13.3. The topological polar surface area (TPSA) is 76.2 Å². The molecular formula is C16H21N3O3. The van der Waals surface area contributed by atoms with E-state index < -0.39 is 0 Å². The molecule has 1 heterocycles. The molecule has 22 heavy (non-hydrogen) atoms. The fourth-order valence-electron chi connectivity index (χ4n) is 2.33. The Morgan fingerprint density at radius 2 is 1.95 bits per heavy atom. The average molecular weight is 303 g/mol. The molecule has 2 aromatic rings. The van der Waals surface area contributed by atoms with Gasteiger partial charge in [-0.05, 0) is 38.0 Å². The van der Waals surface area contributed by atoms with Crippen molar-refractivity contribution in [1.82, 2.24) is 15.5 Å². The molecule has 2 rings (SSSR count). The highest BCUT2D eigenvalue weighted by atomic mass is 16.5. The van der Waals surface area contributed by atoms with E-state index in [1.165, 1.54) is 0 Å². The largest absolute Gasteiger partial charge is 0.493 e. The summed E-state index contributed by atoms with van der Waals surface area (Å²) in [4.78, 5) is 12.1. The molecule has 0 radical (unpaired) electrons. The summed E-state index contributed by atoms with van der Waals surface area (Å²) in [6.07, 6.45) is 0.710. The Kier molecular flexibility index (Phi) is 5.04. The second-order valence-electron chi connectivity index (χ2n) is 5.00. The molecule has 6 nitrogen and oxygen atoms in total. The van der Waals surface area contributed by atoms with E-state index in [-0.39, 0.29) is 5.91 Å². The number of aryl methyl sites for hydroxylation is 2. The van der Waals surface area contributed by atoms with Crippen LogP contribution in [0.15, 0.2) is 18.2 Å². The van der Waals surface area contributed by atoms with Crippen molar-refractivity contribution >= 4 is 5.91 Å². The van der Waals surface area contributed by atoms with E-state index in [4.69, 9.17) is 9.47 Å². The molecule has 0 bridgehead atoms. The van der Waals surface area contributed by atoms with Crippen LogP contribution in [0.25, 0.3) is 0 Å². The lowest BCUT2D eigenvalue weighted by Crippen LogP contribution is -2.26. The fraction of sp³-hybridized carbons (Fsp3) is 0.375. The zero-order valence-electron chi connectivity index (χ0n) is 13.3. The van der Waals surface area contributed by atoms with Gasteiger partial charge in [-0.1, -0.05) is 6.07 Å². The Balaban J connectivity index is 1.95. The lowest BCUT2D eigenvalue weighted by molar-refractivity contribution is 0.0953. The molecule has 1 aromatic heterocycles. The molecule has 2 N–H and O–H groups in total. The quantitative estimate of drug-likeness (QED) is 0.856. The smallest absolute Gasteiger partial charge is 0.255 e. The number of methoxy groups -OCH3 is 2. The molecule has 0 spiro atoms. The molecule has 6 heteroatoms. The standard InChI is InChI=1S/C16H21N3O3/c1-10-15(11(2)19-18-10)16(20)17-8-7-12-5-6-13(21-3)14(9-12)22-4/h5-6,9H,7-8H2,1-4H3,(H,17,20)(H,18,19). The molecule has 118 valence electrons. The number of aromatic amines is 1. The maximum absolute atomic E-state index is 12.1. The van der Waals surface area contributed by atoms with E-state index in [0.29, 0.717) is 35.7 Å². The highest BCUT2D eigenvalue weighted by molar-refractivity contribution is 5.96. The number of aromatic nitrogens is 2. The molecular weight excluding hydrogens is 282 g/mol. The van der Waals surface area contributed by atoms with Crippen molar-refractivity contribution in [3.63, 3.8) is 0 Å². The number of ether oxygens (including phenoxy) is 2. The van der Waals surface area contributed by atoms with Crippen LogP contribution < -0.4 is 14.8 Å². The van der Waals surface area contributed by atoms with E-state index in [1.54, 1.807) is 14.2 Å². The average Bonchev–Trinajstić information content (AvgIpc) is 2.86. The van der Waals surface area contributed by atoms with Gasteiger partial charge in [-0.25, -0.2) is 0 Å². The third-order valence-corrected chi connectivity index (χ3v) is 3.50. The molecule has 0 aliphatic rings. The van der Waals surface area contributed by atoms with Crippen molar-refractivity contribution in [3.05, 3.63) is 40.7 Å². The lowest BCUT2D eigenvalue weighted by Gasteiger charge is -2.10. The van der Waals surface area contributed by atoms with Gasteiger partial charge in [0.1, 0.15) is 0 Å². The normalized spacial score (nSPS) is 10.4. The summed E-state index contributed by atoms with van der Waals surface area (Å²) in [5, 5.41) is 9.75. The molecule has 0 aliphatic carbocycles. The summed E-state index contributed by atoms with van der Waals surface area (Å²) in [7, 11) is 3.21. The second kappa shape index (κ2) is 6.98. The van der Waals surface area contributed by atoms with Gasteiger partial charge in [0.2, 0.25) is 0 Å². The molecule has 0 saturated heterocycles. The van der Waals surface area contributed by atoms with Gasteiger partial charge in [0, 0.05) is 12.2 Å². The minimum atomic E-state index is -0.107. The number of nitrogens with one attached hydrogen (secondary N) is 2. The summed E-state index contributed by atoms with van der Waals surface area (Å²) < 4.78 is 10.5. The predicted molar refractivity (Wildman–Crippen MR) is 83.6 cm³/mol. The lowest BCUT2D eigenvalue weighted by atomic mass is 10.1. The van der Waals surface area contributed by atoms with Crippen LogP contribution in [0.3, 0.4) is 0 Å². The van der Waals surface area contributed by atoms with E-state index in [2.05, 4.69) is 15.5 Å². The maximum Gasteiger partial charge on any atom is 0.255 e. The number of rotatable bonds is 6. The van der Waals surface area contributed by atoms with Crippen LogP contribution in [0.1, 0.15) is 27.3 Å². The minimum Gasteiger partial charge on any atom is -0.493 e. The Morgan fingerprint density at radius 3 is 2.55 bits per heavy atom. The van der Waals surface area contributed by atoms with E-state index in [9.17, 15) is 4.79 Å². The van der Waals surface area contributed by atoms with Gasteiger partial charge in [0.15, 0.2) is 11.5 Å². The van der Waals surface area contributed by atoms with Crippen molar-refractivity contribution in [1.29, 1.82) is 0 Å². The van der Waals surface area contributed by atoms with Gasteiger partial charge < -0.3 is 14.8 Å². The van der Waals surface area contributed by atoms with Gasteiger partial charge in [-0.2, -0.15) is 5.10 Å². The van der Waals surface area contributed by atoms with Gasteiger partial charge in [0.05, 0.1) is 25.5 Å². The fourth-order valence-corrected chi connectivity index (χ4v) is 2.33. The molecule has 1 aromatic carbocycles. The van der Waals surface area contributed by atoms with Crippen LogP contribution in [0.5, 0.6) is 11.5 Å². The predicted octanol–water partition coefficient (Wildman–Crippen LogP) is 2.02. The van der Waals surface area contributed by atoms with E-state index >= 15 is 0 Å². The summed E-state index contributed by atoms with van der Waals surface area (Å²) in [6.45, 7) is 4.19. The molecule has 0 unspecified atom stereocenters. The van der Waals surface area contributed by atoms with Crippen LogP contribution in [0.2, 0.25) is 0 Å². The van der Waals surface area contributed by atoms with Crippen molar-refractivity contribution in [2.45, 2.75) is 20.3 Å². The van der Waals surface area contributed by atoms with E-state index in [1.807, 2.05) is 32.0 Å². The highest BCUT2D eigenvalue weighted by Gasteiger charge is 2.14. The molecule has 0 aliphatic heterocycles. The Morgan fingerprint density at radius 1 is 1.23 bits per heavy atom. The van der Waals surface area contributed by atoms with Crippen molar-refractivity contribution < 1.29 is 14.3 Å². The third-order valence-electron chi connectivity index (χ3n) is 3.50. The highest BCUT2D eigenvalue weighted by Crippen LogP contribution is 2.27. The molecule has 0 atom stereocenters. The maximum atomic E-state index is 12.1. The Hall–Kier alpha value is -2.50. The molecule has 0 fully saturated rings. The zero-order chi connectivity index (χ0) is 16.1. The SMILES string of the molecule is COc1ccc(CCNC(=O)c2c(C)n[nH]c2C)cc1OC. The Labute approximate surface area is 129 Å². The number of hydrogen-bond acceptors (Lipinski definition) is 4. The Bertz CT molecular complexity index is 645. The van der Waals surface area contributed by atoms with Crippen molar-refractivity contribution in [3.8, 4) is 11.5 Å². The van der Waals surface area contributed by atoms with Gasteiger partial charge in [-0.3, -0.25) is 9.89 Å². The number of benzene rings is 1. The number of amides is 1. The van der Waals surface area contributed by atoms with Crippen LogP contribution in [-0.4, -0.2) is 36.9 Å². The first-order valence-corrected chi connectivity index (χ1v) is 7.07. The first-order chi connectivity index (χ1) is 10.6. The van der Waals surface area contributed by atoms with E-state index in [0.717, 1.165) is 11.3 Å². The minimum absolute atomic E-state index is 0.107. The molecule has 0 saturated carbocycles. The number of H-pyrrole nitrogens is 1. The van der Waals surface area contributed by atoms with Crippen LogP contribution in [-0.2, 0) is 6.42 Å².